The molecule has 2 rings (SSSR count). The first kappa shape index (κ1) is 9.26. The van der Waals surface area contributed by atoms with Crippen LogP contribution in [-0.4, -0.2) is 11.2 Å². The summed E-state index contributed by atoms with van der Waals surface area (Å²) >= 11 is 0. The van der Waals surface area contributed by atoms with E-state index < -0.39 is 0 Å². The molecule has 2 saturated carbocycles. The van der Waals surface area contributed by atoms with Crippen molar-refractivity contribution in [1.29, 1.82) is 0 Å². The largest absolute Gasteiger partial charge is 0.393 e. The van der Waals surface area contributed by atoms with Gasteiger partial charge in [0.1, 0.15) is 0 Å². The van der Waals surface area contributed by atoms with Crippen LogP contribution in [0.4, 0.5) is 0 Å². The van der Waals surface area contributed by atoms with Gasteiger partial charge in [0, 0.05) is 1.43 Å². The maximum atomic E-state index is 9.93. The zero-order chi connectivity index (χ0) is 9.47. The summed E-state index contributed by atoms with van der Waals surface area (Å²) in [5.41, 5.74) is 1.93. The molecule has 0 aromatic rings. The first-order valence-corrected chi connectivity index (χ1v) is 5.52. The Hall–Kier alpha value is -0.300. The zero-order valence-electron chi connectivity index (χ0n) is 8.71. The molecule has 3 atom stereocenters. The van der Waals surface area contributed by atoms with Crippen LogP contribution in [0.2, 0.25) is 0 Å². The highest BCUT2D eigenvalue weighted by Crippen LogP contribution is 2.54. The molecule has 0 radical (unpaired) electrons. The van der Waals surface area contributed by atoms with E-state index >= 15 is 0 Å². The van der Waals surface area contributed by atoms with Crippen LogP contribution in [0, 0.1) is 11.3 Å². The van der Waals surface area contributed by atoms with Crippen LogP contribution in [0.5, 0.6) is 0 Å². The number of fused-ring (bicyclic) bond motifs is 1. The van der Waals surface area contributed by atoms with Crippen LogP contribution in [0.25, 0.3) is 0 Å². The van der Waals surface area contributed by atoms with Gasteiger partial charge in [-0.05, 0) is 50.4 Å². The molecule has 0 aromatic carbocycles. The molecule has 76 valence electrons. The van der Waals surface area contributed by atoms with E-state index in [1.165, 1.54) is 25.7 Å². The lowest BCUT2D eigenvalue weighted by atomic mass is 9.66. The van der Waals surface area contributed by atoms with E-state index in [0.29, 0.717) is 11.3 Å². The molecule has 2 aliphatic carbocycles. The summed E-state index contributed by atoms with van der Waals surface area (Å²) in [6, 6.07) is 0. The SMILES string of the molecule is C/C=C1\CCC2[C@@H](O)CCC[C@]12C.[HH]. The molecule has 0 aromatic heterocycles. The lowest BCUT2D eigenvalue weighted by molar-refractivity contribution is 0.0148. The Balaban J connectivity index is 0.000000980. The first-order valence-electron chi connectivity index (χ1n) is 5.52. The Morgan fingerprint density at radius 3 is 3.00 bits per heavy atom. The molecule has 2 aliphatic rings. The van der Waals surface area contributed by atoms with Crippen LogP contribution in [0.15, 0.2) is 11.6 Å². The predicted molar refractivity (Wildman–Crippen MR) is 56.6 cm³/mol. The topological polar surface area (TPSA) is 20.2 Å². The monoisotopic (exact) mass is 182 g/mol. The van der Waals surface area contributed by atoms with Crippen LogP contribution < -0.4 is 0 Å². The summed E-state index contributed by atoms with van der Waals surface area (Å²) in [4.78, 5) is 0. The van der Waals surface area contributed by atoms with E-state index in [4.69, 9.17) is 0 Å². The second-order valence-electron chi connectivity index (χ2n) is 4.84. The lowest BCUT2D eigenvalue weighted by Gasteiger charge is -2.40. The lowest BCUT2D eigenvalue weighted by Crippen LogP contribution is -2.37. The fourth-order valence-corrected chi connectivity index (χ4v) is 3.47. The molecule has 0 spiro atoms. The number of allylic oxidation sites excluding steroid dienone is 2. The summed E-state index contributed by atoms with van der Waals surface area (Å²) in [5, 5.41) is 9.93. The minimum Gasteiger partial charge on any atom is -0.393 e. The maximum Gasteiger partial charge on any atom is 0.0576 e. The Morgan fingerprint density at radius 2 is 2.31 bits per heavy atom. The molecule has 0 saturated heterocycles. The molecule has 0 aliphatic heterocycles. The number of hydrogen-bond donors (Lipinski definition) is 1. The number of aliphatic hydroxyl groups excluding tert-OH is 1. The number of hydrogen-bond acceptors (Lipinski definition) is 1. The molecule has 0 heterocycles. The molecule has 13 heavy (non-hydrogen) atoms. The summed E-state index contributed by atoms with van der Waals surface area (Å²) in [6.45, 7) is 4.49. The van der Waals surface area contributed by atoms with Crippen molar-refractivity contribution in [2.45, 2.75) is 52.1 Å². The van der Waals surface area contributed by atoms with Gasteiger partial charge in [-0.25, -0.2) is 0 Å². The molecule has 1 N–H and O–H groups in total. The minimum atomic E-state index is -0.0313. The second-order valence-corrected chi connectivity index (χ2v) is 4.84. The normalized spacial score (nSPS) is 48.1. The van der Waals surface area contributed by atoms with Crippen molar-refractivity contribution in [3.8, 4) is 0 Å². The summed E-state index contributed by atoms with van der Waals surface area (Å²) < 4.78 is 0. The van der Waals surface area contributed by atoms with Crippen molar-refractivity contribution in [3.05, 3.63) is 11.6 Å². The van der Waals surface area contributed by atoms with Gasteiger partial charge in [0.05, 0.1) is 6.10 Å². The Labute approximate surface area is 82.3 Å². The fraction of sp³-hybridized carbons (Fsp3) is 0.833. The molecule has 1 unspecified atom stereocenters. The second kappa shape index (κ2) is 3.13. The molecule has 1 heteroatoms. The molecule has 2 fully saturated rings. The molecule has 1 nitrogen and oxygen atoms in total. The zero-order valence-corrected chi connectivity index (χ0v) is 8.71. The van der Waals surface area contributed by atoms with E-state index in [2.05, 4.69) is 19.9 Å². The van der Waals surface area contributed by atoms with Crippen molar-refractivity contribution < 1.29 is 6.53 Å². The highest BCUT2D eigenvalue weighted by molar-refractivity contribution is 5.21. The van der Waals surface area contributed by atoms with Gasteiger partial charge in [-0.1, -0.05) is 18.6 Å². The van der Waals surface area contributed by atoms with E-state index in [9.17, 15) is 5.11 Å². The molecule has 0 amide bonds. The smallest absolute Gasteiger partial charge is 0.0576 e. The van der Waals surface area contributed by atoms with Gasteiger partial charge in [-0.3, -0.25) is 0 Å². The number of aliphatic hydroxyl groups is 1. The van der Waals surface area contributed by atoms with Gasteiger partial charge in [0.2, 0.25) is 0 Å². The Morgan fingerprint density at radius 1 is 1.54 bits per heavy atom. The summed E-state index contributed by atoms with van der Waals surface area (Å²) in [7, 11) is 0. The van der Waals surface area contributed by atoms with Gasteiger partial charge in [-0.15, -0.1) is 0 Å². The third-order valence-corrected chi connectivity index (χ3v) is 4.29. The van der Waals surface area contributed by atoms with E-state index in [0.717, 1.165) is 6.42 Å². The van der Waals surface area contributed by atoms with Crippen LogP contribution in [0.3, 0.4) is 0 Å². The van der Waals surface area contributed by atoms with Crippen LogP contribution in [-0.2, 0) is 0 Å². The van der Waals surface area contributed by atoms with Crippen molar-refractivity contribution in [1.82, 2.24) is 0 Å². The van der Waals surface area contributed by atoms with Gasteiger partial charge < -0.3 is 5.11 Å². The van der Waals surface area contributed by atoms with Crippen molar-refractivity contribution in [3.63, 3.8) is 0 Å². The third kappa shape index (κ3) is 1.25. The molecular weight excluding hydrogens is 160 g/mol. The van der Waals surface area contributed by atoms with Crippen molar-refractivity contribution in [2.24, 2.45) is 11.3 Å². The van der Waals surface area contributed by atoms with Crippen molar-refractivity contribution >= 4 is 0 Å². The summed E-state index contributed by atoms with van der Waals surface area (Å²) in [5.74, 6) is 0.549. The van der Waals surface area contributed by atoms with Gasteiger partial charge in [-0.2, -0.15) is 0 Å². The third-order valence-electron chi connectivity index (χ3n) is 4.29. The highest BCUT2D eigenvalue weighted by Gasteiger charge is 2.47. The maximum absolute atomic E-state index is 9.93. The van der Waals surface area contributed by atoms with Gasteiger partial charge >= 0.3 is 0 Å². The van der Waals surface area contributed by atoms with E-state index in [1.54, 1.807) is 5.57 Å². The van der Waals surface area contributed by atoms with Crippen LogP contribution >= 0.6 is 0 Å². The number of rotatable bonds is 0. The Bertz CT molecular complexity index is 236. The van der Waals surface area contributed by atoms with Crippen LogP contribution in [0.1, 0.15) is 47.4 Å². The fourth-order valence-electron chi connectivity index (χ4n) is 3.47. The predicted octanol–water partition coefficient (Wildman–Crippen LogP) is 3.14. The van der Waals surface area contributed by atoms with Crippen molar-refractivity contribution in [2.75, 3.05) is 0 Å². The minimum absolute atomic E-state index is 0. The van der Waals surface area contributed by atoms with E-state index in [-0.39, 0.29) is 7.53 Å². The van der Waals surface area contributed by atoms with Gasteiger partial charge in [0.25, 0.3) is 0 Å². The molecular formula is C12H22O. The summed E-state index contributed by atoms with van der Waals surface area (Å²) in [6.07, 6.45) is 8.18. The first-order chi connectivity index (χ1) is 6.18. The van der Waals surface area contributed by atoms with E-state index in [1.807, 2.05) is 0 Å². The average Bonchev–Trinajstić information content (AvgIpc) is 2.43. The quantitative estimate of drug-likeness (QED) is 0.571. The van der Waals surface area contributed by atoms with Gasteiger partial charge in [0.15, 0.2) is 0 Å². The standard InChI is InChI=1S/C12H20O.H2/c1-3-9-6-7-10-11(13)5-4-8-12(9,10)2;/h3,10-11,13H,4-8H2,1-2H3;1H/b9-3+;/t10?,11-,12+;/m0./s1. The average molecular weight is 182 g/mol. The highest BCUT2D eigenvalue weighted by atomic mass is 16.3. The Kier molecular flexibility index (Phi) is 2.23. The molecule has 0 bridgehead atoms.